The summed E-state index contributed by atoms with van der Waals surface area (Å²) in [6.45, 7) is 2.24. The van der Waals surface area contributed by atoms with Crippen LogP contribution in [0.1, 0.15) is 12.5 Å². The smallest absolute Gasteiger partial charge is 0.238 e. The molecule has 0 aliphatic heterocycles. The molecule has 1 aromatic rings. The Kier molecular flexibility index (Phi) is 3.29. The summed E-state index contributed by atoms with van der Waals surface area (Å²) >= 11 is 0. The standard InChI is InChI=1S/C9H13N5O/c1-4-15-8-6(5-10)7(11)12-9(13-8)14(2)3/h4H2,1-3H3,(H2,11,12,13). The molecule has 0 fully saturated rings. The molecule has 1 rings (SSSR count). The average molecular weight is 207 g/mol. The van der Waals surface area contributed by atoms with Crippen molar-refractivity contribution in [2.45, 2.75) is 6.92 Å². The van der Waals surface area contributed by atoms with Crippen LogP contribution >= 0.6 is 0 Å². The van der Waals surface area contributed by atoms with Crippen molar-refractivity contribution in [3.05, 3.63) is 5.56 Å². The molecule has 0 aliphatic rings. The van der Waals surface area contributed by atoms with Gasteiger partial charge in [0.1, 0.15) is 6.07 Å². The van der Waals surface area contributed by atoms with E-state index in [1.807, 2.05) is 13.0 Å². The number of hydrogen-bond donors (Lipinski definition) is 1. The van der Waals surface area contributed by atoms with E-state index in [0.29, 0.717) is 12.6 Å². The van der Waals surface area contributed by atoms with Gasteiger partial charge in [-0.15, -0.1) is 0 Å². The van der Waals surface area contributed by atoms with E-state index in [-0.39, 0.29) is 17.3 Å². The van der Waals surface area contributed by atoms with Crippen LogP contribution in [0.3, 0.4) is 0 Å². The van der Waals surface area contributed by atoms with E-state index in [2.05, 4.69) is 9.97 Å². The van der Waals surface area contributed by atoms with Gasteiger partial charge in [0.15, 0.2) is 11.4 Å². The average Bonchev–Trinajstić information content (AvgIpc) is 2.17. The zero-order valence-electron chi connectivity index (χ0n) is 8.98. The highest BCUT2D eigenvalue weighted by molar-refractivity contribution is 5.57. The summed E-state index contributed by atoms with van der Waals surface area (Å²) in [7, 11) is 3.58. The first-order valence-corrected chi connectivity index (χ1v) is 4.47. The number of nitrogen functional groups attached to an aromatic ring is 1. The van der Waals surface area contributed by atoms with E-state index in [0.717, 1.165) is 0 Å². The van der Waals surface area contributed by atoms with E-state index < -0.39 is 0 Å². The molecule has 1 aromatic heterocycles. The van der Waals surface area contributed by atoms with Crippen molar-refractivity contribution in [1.29, 1.82) is 5.26 Å². The third-order valence-corrected chi connectivity index (χ3v) is 1.68. The summed E-state index contributed by atoms with van der Waals surface area (Å²) in [6, 6.07) is 1.92. The van der Waals surface area contributed by atoms with Crippen LogP contribution < -0.4 is 15.4 Å². The number of nitriles is 1. The Morgan fingerprint density at radius 1 is 1.47 bits per heavy atom. The molecule has 0 atom stereocenters. The van der Waals surface area contributed by atoms with Crippen molar-refractivity contribution >= 4 is 11.8 Å². The molecule has 0 aromatic carbocycles. The van der Waals surface area contributed by atoms with Crippen LogP contribution in [0.25, 0.3) is 0 Å². The minimum Gasteiger partial charge on any atom is -0.477 e. The van der Waals surface area contributed by atoms with Gasteiger partial charge < -0.3 is 15.4 Å². The molecule has 6 nitrogen and oxygen atoms in total. The number of nitrogens with two attached hydrogens (primary N) is 1. The van der Waals surface area contributed by atoms with E-state index in [9.17, 15) is 0 Å². The zero-order chi connectivity index (χ0) is 11.4. The maximum Gasteiger partial charge on any atom is 0.238 e. The molecule has 0 bridgehead atoms. The normalized spacial score (nSPS) is 9.47. The Morgan fingerprint density at radius 2 is 2.13 bits per heavy atom. The Labute approximate surface area is 88.3 Å². The van der Waals surface area contributed by atoms with Gasteiger partial charge in [-0.2, -0.15) is 15.2 Å². The van der Waals surface area contributed by atoms with Crippen molar-refractivity contribution in [3.8, 4) is 11.9 Å². The Balaban J connectivity index is 3.27. The zero-order valence-corrected chi connectivity index (χ0v) is 8.98. The number of anilines is 2. The van der Waals surface area contributed by atoms with Crippen LogP contribution in [0.4, 0.5) is 11.8 Å². The van der Waals surface area contributed by atoms with Gasteiger partial charge in [-0.25, -0.2) is 0 Å². The summed E-state index contributed by atoms with van der Waals surface area (Å²) in [5, 5.41) is 8.85. The van der Waals surface area contributed by atoms with E-state index in [4.69, 9.17) is 15.7 Å². The molecular weight excluding hydrogens is 194 g/mol. The van der Waals surface area contributed by atoms with Gasteiger partial charge in [-0.3, -0.25) is 0 Å². The van der Waals surface area contributed by atoms with Gasteiger partial charge >= 0.3 is 0 Å². The van der Waals surface area contributed by atoms with Crippen molar-refractivity contribution in [1.82, 2.24) is 9.97 Å². The highest BCUT2D eigenvalue weighted by atomic mass is 16.5. The third kappa shape index (κ3) is 2.26. The van der Waals surface area contributed by atoms with Crippen LogP contribution in [0.15, 0.2) is 0 Å². The van der Waals surface area contributed by atoms with Crippen molar-refractivity contribution < 1.29 is 4.74 Å². The predicted molar refractivity (Wildman–Crippen MR) is 56.7 cm³/mol. The molecule has 80 valence electrons. The first-order valence-electron chi connectivity index (χ1n) is 4.47. The molecule has 0 spiro atoms. The predicted octanol–water partition coefficient (Wildman–Crippen LogP) is 0.395. The van der Waals surface area contributed by atoms with Crippen molar-refractivity contribution in [2.75, 3.05) is 31.3 Å². The Hall–Kier alpha value is -2.03. The number of ether oxygens (including phenoxy) is 1. The van der Waals surface area contributed by atoms with Crippen LogP contribution in [0.5, 0.6) is 5.88 Å². The van der Waals surface area contributed by atoms with Crippen LogP contribution in [-0.2, 0) is 0 Å². The summed E-state index contributed by atoms with van der Waals surface area (Å²) < 4.78 is 5.22. The van der Waals surface area contributed by atoms with Gasteiger partial charge in [0.25, 0.3) is 0 Å². The van der Waals surface area contributed by atoms with Crippen LogP contribution in [0.2, 0.25) is 0 Å². The molecule has 0 amide bonds. The largest absolute Gasteiger partial charge is 0.477 e. The fourth-order valence-corrected chi connectivity index (χ4v) is 0.991. The van der Waals surface area contributed by atoms with E-state index >= 15 is 0 Å². The summed E-state index contributed by atoms with van der Waals surface area (Å²) in [5.41, 5.74) is 5.80. The molecule has 0 radical (unpaired) electrons. The minimum atomic E-state index is 0.139. The molecule has 2 N–H and O–H groups in total. The molecule has 0 unspecified atom stereocenters. The second kappa shape index (κ2) is 4.46. The fraction of sp³-hybridized carbons (Fsp3) is 0.444. The highest BCUT2D eigenvalue weighted by Gasteiger charge is 2.13. The fourth-order valence-electron chi connectivity index (χ4n) is 0.991. The maximum absolute atomic E-state index is 8.85. The van der Waals surface area contributed by atoms with Gasteiger partial charge in [0.2, 0.25) is 11.8 Å². The topological polar surface area (TPSA) is 88.1 Å². The highest BCUT2D eigenvalue weighted by Crippen LogP contribution is 2.22. The second-order valence-electron chi connectivity index (χ2n) is 3.03. The van der Waals surface area contributed by atoms with Crippen LogP contribution in [0, 0.1) is 11.3 Å². The quantitative estimate of drug-likeness (QED) is 0.771. The molecule has 6 heteroatoms. The van der Waals surface area contributed by atoms with E-state index in [1.54, 1.807) is 19.0 Å². The first-order chi connectivity index (χ1) is 7.10. The molecular formula is C9H13N5O. The number of nitrogens with zero attached hydrogens (tertiary/aromatic N) is 4. The summed E-state index contributed by atoms with van der Waals surface area (Å²) in [5.74, 6) is 0.797. The lowest BCUT2D eigenvalue weighted by Gasteiger charge is -2.13. The lowest BCUT2D eigenvalue weighted by atomic mass is 10.3. The maximum atomic E-state index is 8.85. The third-order valence-electron chi connectivity index (χ3n) is 1.68. The molecule has 15 heavy (non-hydrogen) atoms. The van der Waals surface area contributed by atoms with Gasteiger partial charge in [-0.1, -0.05) is 0 Å². The Bertz CT molecular complexity index is 396. The van der Waals surface area contributed by atoms with Gasteiger partial charge in [-0.05, 0) is 6.92 Å². The lowest BCUT2D eigenvalue weighted by Crippen LogP contribution is -2.15. The molecule has 0 saturated heterocycles. The van der Waals surface area contributed by atoms with Crippen molar-refractivity contribution in [3.63, 3.8) is 0 Å². The van der Waals surface area contributed by atoms with Gasteiger partial charge in [0.05, 0.1) is 6.61 Å². The van der Waals surface area contributed by atoms with Crippen molar-refractivity contribution in [2.24, 2.45) is 0 Å². The minimum absolute atomic E-state index is 0.139. The monoisotopic (exact) mass is 207 g/mol. The first kappa shape index (κ1) is 11.0. The SMILES string of the molecule is CCOc1nc(N(C)C)nc(N)c1C#N. The van der Waals surface area contributed by atoms with Crippen LogP contribution in [-0.4, -0.2) is 30.7 Å². The molecule has 0 saturated carbocycles. The molecule has 1 heterocycles. The lowest BCUT2D eigenvalue weighted by molar-refractivity contribution is 0.325. The summed E-state index contributed by atoms with van der Waals surface area (Å²) in [6.07, 6.45) is 0. The Morgan fingerprint density at radius 3 is 2.60 bits per heavy atom. The number of aromatic nitrogens is 2. The van der Waals surface area contributed by atoms with E-state index in [1.165, 1.54) is 0 Å². The second-order valence-corrected chi connectivity index (χ2v) is 3.03. The molecule has 0 aliphatic carbocycles. The summed E-state index contributed by atoms with van der Waals surface area (Å²) in [4.78, 5) is 9.75. The number of hydrogen-bond acceptors (Lipinski definition) is 6. The number of rotatable bonds is 3. The van der Waals surface area contributed by atoms with Gasteiger partial charge in [0, 0.05) is 14.1 Å².